The van der Waals surface area contributed by atoms with Crippen molar-refractivity contribution in [3.63, 3.8) is 0 Å². The van der Waals surface area contributed by atoms with Crippen LogP contribution in [0.3, 0.4) is 0 Å². The second kappa shape index (κ2) is 9.33. The average Bonchev–Trinajstić information content (AvgIpc) is 3.27. The monoisotopic (exact) mass is 422 g/mol. The summed E-state index contributed by atoms with van der Waals surface area (Å²) in [4.78, 5) is 14.3. The Labute approximate surface area is 177 Å². The molecule has 2 aromatic carbocycles. The van der Waals surface area contributed by atoms with Crippen LogP contribution in [-0.4, -0.2) is 35.0 Å². The molecular weight excluding hydrogens is 404 g/mol. The van der Waals surface area contributed by atoms with Crippen molar-refractivity contribution in [1.29, 1.82) is 5.26 Å². The topological polar surface area (TPSA) is 101 Å². The largest absolute Gasteiger partial charge is 0.485 e. The van der Waals surface area contributed by atoms with E-state index < -0.39 is 6.10 Å². The lowest BCUT2D eigenvalue weighted by molar-refractivity contribution is -0.116. The Hall–Kier alpha value is -3.51. The zero-order valence-electron chi connectivity index (χ0n) is 15.9. The third-order valence-corrected chi connectivity index (χ3v) is 5.14. The number of nitriles is 1. The zero-order valence-corrected chi connectivity index (χ0v) is 16.7. The fourth-order valence-electron chi connectivity index (χ4n) is 2.92. The van der Waals surface area contributed by atoms with E-state index in [9.17, 15) is 4.79 Å². The lowest BCUT2D eigenvalue weighted by Crippen LogP contribution is -2.33. The molecule has 152 valence electrons. The number of carbonyl (C=O) groups excluding carboxylic acids is 1. The molecule has 1 unspecified atom stereocenters. The molecule has 2 heterocycles. The smallest absolute Gasteiger partial charge is 0.277 e. The van der Waals surface area contributed by atoms with Crippen LogP contribution in [0.15, 0.2) is 64.2 Å². The molecule has 1 aliphatic rings. The summed E-state index contributed by atoms with van der Waals surface area (Å²) >= 11 is 1.14. The van der Waals surface area contributed by atoms with E-state index >= 15 is 0 Å². The summed E-state index contributed by atoms with van der Waals surface area (Å²) in [6.45, 7) is 0.583. The molecule has 0 saturated heterocycles. The lowest BCUT2D eigenvalue weighted by Gasteiger charge is -2.23. The van der Waals surface area contributed by atoms with E-state index in [4.69, 9.17) is 19.2 Å². The summed E-state index contributed by atoms with van der Waals surface area (Å²) in [5, 5.41) is 17.2. The Balaban J connectivity index is 1.38. The number of rotatable bonds is 7. The number of hydrogen-bond acceptors (Lipinski definition) is 8. The highest BCUT2D eigenvalue weighted by Crippen LogP contribution is 2.36. The van der Waals surface area contributed by atoms with E-state index in [2.05, 4.69) is 16.3 Å². The highest BCUT2D eigenvalue weighted by Gasteiger charge is 2.27. The molecule has 0 fully saturated rings. The van der Waals surface area contributed by atoms with Gasteiger partial charge in [0.25, 0.3) is 11.1 Å². The number of para-hydroxylation sites is 3. The van der Waals surface area contributed by atoms with Gasteiger partial charge < -0.3 is 18.8 Å². The van der Waals surface area contributed by atoms with Gasteiger partial charge in [-0.15, -0.1) is 10.2 Å². The minimum atomic E-state index is -0.506. The summed E-state index contributed by atoms with van der Waals surface area (Å²) in [7, 11) is 0. The van der Waals surface area contributed by atoms with Crippen molar-refractivity contribution in [3.05, 3.63) is 60.5 Å². The first kappa shape index (κ1) is 19.8. The summed E-state index contributed by atoms with van der Waals surface area (Å²) in [6.07, 6.45) is -0.259. The number of nitrogens with zero attached hydrogens (tertiary/aromatic N) is 4. The van der Waals surface area contributed by atoms with Gasteiger partial charge in [-0.05, 0) is 24.3 Å². The Kier molecular flexibility index (Phi) is 6.15. The molecule has 0 aliphatic carbocycles. The van der Waals surface area contributed by atoms with Gasteiger partial charge >= 0.3 is 0 Å². The highest BCUT2D eigenvalue weighted by atomic mass is 32.2. The molecule has 9 heteroatoms. The molecule has 3 aromatic rings. The minimum Gasteiger partial charge on any atom is -0.485 e. The van der Waals surface area contributed by atoms with Gasteiger partial charge in [0.05, 0.1) is 18.2 Å². The maximum atomic E-state index is 12.7. The van der Waals surface area contributed by atoms with Gasteiger partial charge in [0.2, 0.25) is 12.0 Å². The Morgan fingerprint density at radius 2 is 1.90 bits per heavy atom. The van der Waals surface area contributed by atoms with Crippen molar-refractivity contribution in [2.75, 3.05) is 23.8 Å². The standard InChI is InChI=1S/C21H18N4O4S/c22-11-6-12-25(15-7-2-1-3-8-15)19(26)14-30-21-24-23-20(29-21)18-13-27-16-9-4-5-10-17(16)28-18/h1-5,7-10,18H,6,12-14H2. The van der Waals surface area contributed by atoms with Crippen LogP contribution in [0.5, 0.6) is 11.5 Å². The predicted molar refractivity (Wildman–Crippen MR) is 109 cm³/mol. The molecule has 1 atom stereocenters. The maximum absolute atomic E-state index is 12.7. The van der Waals surface area contributed by atoms with Crippen LogP contribution in [0.1, 0.15) is 18.4 Å². The van der Waals surface area contributed by atoms with Gasteiger partial charge in [-0.2, -0.15) is 5.26 Å². The number of anilines is 1. The highest BCUT2D eigenvalue weighted by molar-refractivity contribution is 7.99. The molecule has 1 aliphatic heterocycles. The van der Waals surface area contributed by atoms with Gasteiger partial charge in [0.15, 0.2) is 11.5 Å². The quantitative estimate of drug-likeness (QED) is 0.532. The number of benzene rings is 2. The number of fused-ring (bicyclic) bond motifs is 1. The van der Waals surface area contributed by atoms with E-state index in [-0.39, 0.29) is 29.9 Å². The van der Waals surface area contributed by atoms with Crippen molar-refractivity contribution in [2.24, 2.45) is 0 Å². The normalized spacial score (nSPS) is 14.7. The maximum Gasteiger partial charge on any atom is 0.277 e. The van der Waals surface area contributed by atoms with Crippen LogP contribution >= 0.6 is 11.8 Å². The third kappa shape index (κ3) is 4.55. The number of aromatic nitrogens is 2. The van der Waals surface area contributed by atoms with Gasteiger partial charge in [0.1, 0.15) is 6.61 Å². The fourth-order valence-corrected chi connectivity index (χ4v) is 3.56. The van der Waals surface area contributed by atoms with E-state index in [1.54, 1.807) is 4.90 Å². The van der Waals surface area contributed by atoms with Gasteiger partial charge in [0, 0.05) is 12.2 Å². The van der Waals surface area contributed by atoms with Gasteiger partial charge in [-0.3, -0.25) is 4.79 Å². The summed E-state index contributed by atoms with van der Waals surface area (Å²) in [5.41, 5.74) is 0.746. The van der Waals surface area contributed by atoms with Crippen LogP contribution in [0.25, 0.3) is 0 Å². The van der Waals surface area contributed by atoms with Crippen LogP contribution in [-0.2, 0) is 4.79 Å². The molecule has 0 radical (unpaired) electrons. The van der Waals surface area contributed by atoms with Crippen molar-refractivity contribution in [2.45, 2.75) is 17.7 Å². The number of carbonyl (C=O) groups is 1. The Bertz CT molecular complexity index is 1050. The lowest BCUT2D eigenvalue weighted by atomic mass is 10.2. The number of ether oxygens (including phenoxy) is 2. The third-order valence-electron chi connectivity index (χ3n) is 4.34. The second-order valence-corrected chi connectivity index (χ2v) is 7.27. The molecule has 1 aromatic heterocycles. The summed E-state index contributed by atoms with van der Waals surface area (Å²) in [6, 6.07) is 18.7. The molecule has 30 heavy (non-hydrogen) atoms. The molecule has 0 N–H and O–H groups in total. The van der Waals surface area contributed by atoms with E-state index in [1.807, 2.05) is 54.6 Å². The summed E-state index contributed by atoms with van der Waals surface area (Å²) < 4.78 is 17.2. The van der Waals surface area contributed by atoms with E-state index in [0.717, 1.165) is 17.4 Å². The van der Waals surface area contributed by atoms with Crippen LogP contribution in [0.2, 0.25) is 0 Å². The first-order chi connectivity index (χ1) is 14.7. The fraction of sp³-hybridized carbons (Fsp3) is 0.238. The molecule has 0 saturated carbocycles. The van der Waals surface area contributed by atoms with E-state index in [0.29, 0.717) is 23.9 Å². The summed E-state index contributed by atoms with van der Waals surface area (Å²) in [5.74, 6) is 1.54. The van der Waals surface area contributed by atoms with Gasteiger partial charge in [-0.25, -0.2) is 0 Å². The Morgan fingerprint density at radius 1 is 1.13 bits per heavy atom. The molecule has 4 rings (SSSR count). The van der Waals surface area contributed by atoms with Crippen molar-refractivity contribution in [1.82, 2.24) is 10.2 Å². The predicted octanol–water partition coefficient (Wildman–Crippen LogP) is 3.62. The molecular formula is C21H18N4O4S. The van der Waals surface area contributed by atoms with Crippen LogP contribution in [0, 0.1) is 11.3 Å². The zero-order chi connectivity index (χ0) is 20.8. The van der Waals surface area contributed by atoms with Crippen molar-refractivity contribution >= 4 is 23.4 Å². The average molecular weight is 422 g/mol. The number of amides is 1. The van der Waals surface area contributed by atoms with Crippen molar-refractivity contribution < 1.29 is 18.7 Å². The molecule has 0 bridgehead atoms. The van der Waals surface area contributed by atoms with E-state index in [1.165, 1.54) is 0 Å². The molecule has 1 amide bonds. The number of hydrogen-bond donors (Lipinski definition) is 0. The van der Waals surface area contributed by atoms with Crippen molar-refractivity contribution in [3.8, 4) is 17.6 Å². The first-order valence-corrected chi connectivity index (χ1v) is 10.3. The van der Waals surface area contributed by atoms with Gasteiger partial charge in [-0.1, -0.05) is 42.1 Å². The van der Waals surface area contributed by atoms with Crippen LogP contribution in [0.4, 0.5) is 5.69 Å². The Morgan fingerprint density at radius 3 is 2.70 bits per heavy atom. The number of thioether (sulfide) groups is 1. The second-order valence-electron chi connectivity index (χ2n) is 6.35. The SMILES string of the molecule is N#CCCN(C(=O)CSc1nnc(C2COc3ccccc3O2)o1)c1ccccc1. The molecule has 0 spiro atoms. The van der Waals surface area contributed by atoms with Crippen LogP contribution < -0.4 is 14.4 Å². The minimum absolute atomic E-state index is 0.104. The first-order valence-electron chi connectivity index (χ1n) is 9.31. The molecule has 8 nitrogen and oxygen atoms in total.